The van der Waals surface area contributed by atoms with E-state index in [4.69, 9.17) is 4.99 Å². The van der Waals surface area contributed by atoms with E-state index in [1.807, 2.05) is 12.1 Å². The molecule has 1 aliphatic heterocycles. The first-order chi connectivity index (χ1) is 12.2. The van der Waals surface area contributed by atoms with Crippen molar-refractivity contribution in [3.8, 4) is 0 Å². The molecule has 0 spiro atoms. The highest BCUT2D eigenvalue weighted by molar-refractivity contribution is 6.12. The molecule has 2 N–H and O–H groups in total. The molecular weight excluding hydrogens is 306 g/mol. The molecule has 1 heterocycles. The minimum absolute atomic E-state index is 0.0940. The van der Waals surface area contributed by atoms with Crippen molar-refractivity contribution < 1.29 is 0 Å². The molecule has 3 aromatic rings. The Morgan fingerprint density at radius 3 is 2.16 bits per heavy atom. The van der Waals surface area contributed by atoms with E-state index in [1.54, 1.807) is 0 Å². The molecule has 124 valence electrons. The second kappa shape index (κ2) is 6.44. The average Bonchev–Trinajstić information content (AvgIpc) is 2.64. The summed E-state index contributed by atoms with van der Waals surface area (Å²) in [6.45, 7) is 4.19. The molecule has 0 aromatic heterocycles. The van der Waals surface area contributed by atoms with Gasteiger partial charge in [-0.25, -0.2) is 4.99 Å². The fraction of sp³-hybridized carbons (Fsp3) is 0.136. The molecule has 25 heavy (non-hydrogen) atoms. The van der Waals surface area contributed by atoms with Crippen molar-refractivity contribution in [2.24, 2.45) is 4.99 Å². The average molecular weight is 327 g/mol. The van der Waals surface area contributed by atoms with Gasteiger partial charge in [0, 0.05) is 16.9 Å². The standard InChI is InChI=1S/C22H21N3/c1-15-7-11-17(12-8-15)21-24-20-6-4-3-5-19(20)22(25-21)23-18-13-9-16(2)10-14-18/h3-14,21,24H,1-2H3,(H,23,25). The van der Waals surface area contributed by atoms with Gasteiger partial charge < -0.3 is 10.6 Å². The molecule has 3 heteroatoms. The number of hydrogen-bond donors (Lipinski definition) is 2. The second-order valence-corrected chi connectivity index (χ2v) is 6.47. The molecule has 3 aromatic carbocycles. The second-order valence-electron chi connectivity index (χ2n) is 6.47. The van der Waals surface area contributed by atoms with Crippen molar-refractivity contribution >= 4 is 17.2 Å². The van der Waals surface area contributed by atoms with Crippen LogP contribution < -0.4 is 10.6 Å². The van der Waals surface area contributed by atoms with E-state index in [2.05, 4.69) is 85.1 Å². The number of hydrogen-bond acceptors (Lipinski definition) is 3. The minimum Gasteiger partial charge on any atom is -0.359 e. The highest BCUT2D eigenvalue weighted by Gasteiger charge is 2.21. The number of aryl methyl sites for hydroxylation is 2. The van der Waals surface area contributed by atoms with Crippen LogP contribution in [0.1, 0.15) is 28.4 Å². The quantitative estimate of drug-likeness (QED) is 0.671. The van der Waals surface area contributed by atoms with Crippen molar-refractivity contribution in [1.82, 2.24) is 0 Å². The third-order valence-electron chi connectivity index (χ3n) is 4.44. The monoisotopic (exact) mass is 327 g/mol. The molecule has 0 aliphatic carbocycles. The number of para-hydroxylation sites is 1. The van der Waals surface area contributed by atoms with Crippen LogP contribution in [-0.2, 0) is 0 Å². The fourth-order valence-electron chi connectivity index (χ4n) is 2.97. The number of rotatable bonds is 2. The van der Waals surface area contributed by atoms with Crippen LogP contribution in [0.15, 0.2) is 77.8 Å². The number of fused-ring (bicyclic) bond motifs is 1. The van der Waals surface area contributed by atoms with E-state index in [0.29, 0.717) is 0 Å². The van der Waals surface area contributed by atoms with E-state index in [1.165, 1.54) is 11.1 Å². The van der Waals surface area contributed by atoms with Crippen LogP contribution in [0.4, 0.5) is 11.4 Å². The largest absolute Gasteiger partial charge is 0.359 e. The van der Waals surface area contributed by atoms with Crippen molar-refractivity contribution in [2.45, 2.75) is 20.0 Å². The Labute approximate surface area is 148 Å². The first kappa shape index (κ1) is 15.5. The molecular formula is C22H21N3. The number of anilines is 2. The van der Waals surface area contributed by atoms with Crippen LogP contribution in [0.5, 0.6) is 0 Å². The number of nitrogens with one attached hydrogen (secondary N) is 2. The normalized spacial score (nSPS) is 15.8. The molecule has 0 radical (unpaired) electrons. The van der Waals surface area contributed by atoms with Gasteiger partial charge in [0.15, 0.2) is 0 Å². The maximum absolute atomic E-state index is 4.94. The van der Waals surface area contributed by atoms with E-state index in [9.17, 15) is 0 Å². The number of benzene rings is 3. The van der Waals surface area contributed by atoms with Gasteiger partial charge in [-0.1, -0.05) is 59.7 Å². The summed E-state index contributed by atoms with van der Waals surface area (Å²) in [4.78, 5) is 4.94. The molecule has 0 saturated carbocycles. The smallest absolute Gasteiger partial charge is 0.147 e. The van der Waals surface area contributed by atoms with Crippen molar-refractivity contribution in [2.75, 3.05) is 10.6 Å². The topological polar surface area (TPSA) is 36.4 Å². The SMILES string of the molecule is Cc1ccc(NC2=NC(c3ccc(C)cc3)Nc3ccccc32)cc1. The van der Waals surface area contributed by atoms with E-state index >= 15 is 0 Å². The fourth-order valence-corrected chi connectivity index (χ4v) is 2.97. The van der Waals surface area contributed by atoms with Gasteiger partial charge in [-0.2, -0.15) is 0 Å². The molecule has 0 amide bonds. The maximum atomic E-state index is 4.94. The van der Waals surface area contributed by atoms with Crippen LogP contribution in [0.2, 0.25) is 0 Å². The predicted octanol–water partition coefficient (Wildman–Crippen LogP) is 5.29. The van der Waals surface area contributed by atoms with E-state index in [0.717, 1.165) is 28.3 Å². The molecule has 1 unspecified atom stereocenters. The summed E-state index contributed by atoms with van der Waals surface area (Å²) in [6.07, 6.45) is -0.0940. The van der Waals surface area contributed by atoms with Crippen molar-refractivity contribution in [3.05, 3.63) is 95.1 Å². The van der Waals surface area contributed by atoms with Gasteiger partial charge in [-0.15, -0.1) is 0 Å². The van der Waals surface area contributed by atoms with Gasteiger partial charge in [0.1, 0.15) is 12.0 Å². The minimum atomic E-state index is -0.0940. The molecule has 3 nitrogen and oxygen atoms in total. The van der Waals surface area contributed by atoms with Crippen LogP contribution in [0.3, 0.4) is 0 Å². The van der Waals surface area contributed by atoms with Crippen LogP contribution in [0, 0.1) is 13.8 Å². The molecule has 0 fully saturated rings. The lowest BCUT2D eigenvalue weighted by Gasteiger charge is -2.26. The maximum Gasteiger partial charge on any atom is 0.147 e. The lowest BCUT2D eigenvalue weighted by molar-refractivity contribution is 0.827. The van der Waals surface area contributed by atoms with Crippen LogP contribution in [0.25, 0.3) is 0 Å². The molecule has 1 atom stereocenters. The van der Waals surface area contributed by atoms with Gasteiger partial charge in [-0.05, 0) is 43.7 Å². The van der Waals surface area contributed by atoms with Crippen molar-refractivity contribution in [1.29, 1.82) is 0 Å². The van der Waals surface area contributed by atoms with Crippen LogP contribution in [-0.4, -0.2) is 5.84 Å². The molecule has 0 saturated heterocycles. The first-order valence-electron chi connectivity index (χ1n) is 8.53. The van der Waals surface area contributed by atoms with E-state index < -0.39 is 0 Å². The number of aliphatic imine (C=N–C) groups is 1. The Morgan fingerprint density at radius 2 is 1.44 bits per heavy atom. The number of amidine groups is 1. The van der Waals surface area contributed by atoms with Gasteiger partial charge in [0.25, 0.3) is 0 Å². The highest BCUT2D eigenvalue weighted by atomic mass is 15.2. The van der Waals surface area contributed by atoms with E-state index in [-0.39, 0.29) is 6.17 Å². The van der Waals surface area contributed by atoms with Gasteiger partial charge in [0.2, 0.25) is 0 Å². The lowest BCUT2D eigenvalue weighted by atomic mass is 10.1. The predicted molar refractivity (Wildman–Crippen MR) is 105 cm³/mol. The summed E-state index contributed by atoms with van der Waals surface area (Å²) in [5.74, 6) is 0.892. The molecule has 4 rings (SSSR count). The third kappa shape index (κ3) is 3.26. The first-order valence-corrected chi connectivity index (χ1v) is 8.53. The Balaban J connectivity index is 1.71. The summed E-state index contributed by atoms with van der Waals surface area (Å²) in [5, 5.41) is 7.02. The molecule has 0 bridgehead atoms. The Hall–Kier alpha value is -3.07. The summed E-state index contributed by atoms with van der Waals surface area (Å²) in [7, 11) is 0. The van der Waals surface area contributed by atoms with Gasteiger partial charge in [0.05, 0.1) is 0 Å². The summed E-state index contributed by atoms with van der Waals surface area (Å²) in [6, 6.07) is 25.2. The third-order valence-corrected chi connectivity index (χ3v) is 4.44. The Kier molecular flexibility index (Phi) is 3.98. The molecule has 1 aliphatic rings. The summed E-state index contributed by atoms with van der Waals surface area (Å²) >= 11 is 0. The summed E-state index contributed by atoms with van der Waals surface area (Å²) in [5.41, 5.74) is 6.88. The van der Waals surface area contributed by atoms with Gasteiger partial charge >= 0.3 is 0 Å². The van der Waals surface area contributed by atoms with Crippen molar-refractivity contribution in [3.63, 3.8) is 0 Å². The zero-order valence-corrected chi connectivity index (χ0v) is 14.5. The highest BCUT2D eigenvalue weighted by Crippen LogP contribution is 2.30. The Morgan fingerprint density at radius 1 is 0.800 bits per heavy atom. The summed E-state index contributed by atoms with van der Waals surface area (Å²) < 4.78 is 0. The van der Waals surface area contributed by atoms with Crippen LogP contribution >= 0.6 is 0 Å². The zero-order chi connectivity index (χ0) is 17.2. The number of nitrogens with zero attached hydrogens (tertiary/aromatic N) is 1. The van der Waals surface area contributed by atoms with Gasteiger partial charge in [-0.3, -0.25) is 0 Å². The Bertz CT molecular complexity index is 909. The zero-order valence-electron chi connectivity index (χ0n) is 14.5. The lowest BCUT2D eigenvalue weighted by Crippen LogP contribution is -2.24.